The third kappa shape index (κ3) is 1.79. The van der Waals surface area contributed by atoms with E-state index in [0.717, 1.165) is 30.2 Å². The monoisotopic (exact) mass is 205 g/mol. The molecule has 1 aromatic rings. The first kappa shape index (κ1) is 9.96. The van der Waals surface area contributed by atoms with Crippen LogP contribution in [0.3, 0.4) is 0 Å². The number of aryl methyl sites for hydroxylation is 1. The summed E-state index contributed by atoms with van der Waals surface area (Å²) in [5.41, 5.74) is 1.99. The van der Waals surface area contributed by atoms with Crippen LogP contribution in [-0.4, -0.2) is 24.0 Å². The van der Waals surface area contributed by atoms with Crippen molar-refractivity contribution in [3.63, 3.8) is 0 Å². The molecule has 0 spiro atoms. The highest BCUT2D eigenvalue weighted by Gasteiger charge is 2.21. The normalized spacial score (nSPS) is 14.4. The average Bonchev–Trinajstić information content (AvgIpc) is 2.27. The van der Waals surface area contributed by atoms with Crippen LogP contribution in [0.1, 0.15) is 18.9 Å². The summed E-state index contributed by atoms with van der Waals surface area (Å²) in [6, 6.07) is 2.00. The molecule has 0 bridgehead atoms. The van der Waals surface area contributed by atoms with Crippen molar-refractivity contribution in [2.45, 2.75) is 20.3 Å². The quantitative estimate of drug-likeness (QED) is 0.756. The second-order valence-corrected chi connectivity index (χ2v) is 3.71. The van der Waals surface area contributed by atoms with Gasteiger partial charge in [0.15, 0.2) is 0 Å². The fraction of sp³-hybridized carbons (Fsp3) is 0.455. The van der Waals surface area contributed by atoms with Gasteiger partial charge in [-0.1, -0.05) is 6.92 Å². The third-order valence-corrected chi connectivity index (χ3v) is 2.53. The van der Waals surface area contributed by atoms with E-state index in [-0.39, 0.29) is 5.91 Å². The Labute approximate surface area is 89.3 Å². The summed E-state index contributed by atoms with van der Waals surface area (Å²) in [5.74, 6) is 0.971. The van der Waals surface area contributed by atoms with Crippen LogP contribution in [0.5, 0.6) is 0 Å². The lowest BCUT2D eigenvalue weighted by atomic mass is 10.2. The summed E-state index contributed by atoms with van der Waals surface area (Å²) in [5, 5.41) is 3.19. The number of hydrogen-bond acceptors (Lipinski definition) is 3. The molecule has 0 radical (unpaired) electrons. The van der Waals surface area contributed by atoms with Crippen LogP contribution in [0, 0.1) is 6.92 Å². The third-order valence-electron chi connectivity index (χ3n) is 2.53. The summed E-state index contributed by atoms with van der Waals surface area (Å²) in [4.78, 5) is 17.8. The lowest BCUT2D eigenvalue weighted by Gasteiger charge is -2.29. The predicted octanol–water partition coefficient (Wildman–Crippen LogP) is 1.56. The Balaban J connectivity index is 2.40. The van der Waals surface area contributed by atoms with Crippen molar-refractivity contribution in [1.82, 2.24) is 4.98 Å². The Morgan fingerprint density at radius 2 is 2.47 bits per heavy atom. The number of anilines is 2. The molecule has 1 amide bonds. The number of amides is 1. The van der Waals surface area contributed by atoms with Gasteiger partial charge in [0.05, 0.1) is 5.69 Å². The summed E-state index contributed by atoms with van der Waals surface area (Å²) in [6.07, 6.45) is 2.35. The second-order valence-electron chi connectivity index (χ2n) is 3.71. The van der Waals surface area contributed by atoms with Crippen LogP contribution in [0.15, 0.2) is 12.3 Å². The van der Waals surface area contributed by atoms with Crippen LogP contribution in [-0.2, 0) is 4.79 Å². The number of nitrogens with one attached hydrogen (secondary N) is 1. The smallest absolute Gasteiger partial charge is 0.226 e. The summed E-state index contributed by atoms with van der Waals surface area (Å²) < 4.78 is 0. The van der Waals surface area contributed by atoms with Gasteiger partial charge in [-0.2, -0.15) is 0 Å². The number of rotatable bonds is 1. The first-order valence-electron chi connectivity index (χ1n) is 5.23. The van der Waals surface area contributed by atoms with E-state index in [1.807, 2.05) is 31.0 Å². The highest BCUT2D eigenvalue weighted by molar-refractivity contribution is 5.96. The van der Waals surface area contributed by atoms with Crippen LogP contribution >= 0.6 is 0 Å². The SMILES string of the molecule is CCC(=O)N1CCNc2ncc(C)cc21. The van der Waals surface area contributed by atoms with E-state index < -0.39 is 0 Å². The van der Waals surface area contributed by atoms with Crippen molar-refractivity contribution in [3.05, 3.63) is 17.8 Å². The Morgan fingerprint density at radius 1 is 1.67 bits per heavy atom. The highest BCUT2D eigenvalue weighted by atomic mass is 16.2. The first-order chi connectivity index (χ1) is 7.22. The van der Waals surface area contributed by atoms with Gasteiger partial charge in [0, 0.05) is 25.7 Å². The van der Waals surface area contributed by atoms with E-state index in [1.165, 1.54) is 0 Å². The van der Waals surface area contributed by atoms with Crippen molar-refractivity contribution in [2.75, 3.05) is 23.3 Å². The molecule has 80 valence electrons. The van der Waals surface area contributed by atoms with Gasteiger partial charge in [-0.05, 0) is 18.6 Å². The lowest BCUT2D eigenvalue weighted by molar-refractivity contribution is -0.118. The number of carbonyl (C=O) groups is 1. The maximum Gasteiger partial charge on any atom is 0.226 e. The molecule has 0 atom stereocenters. The zero-order valence-corrected chi connectivity index (χ0v) is 9.08. The molecule has 4 nitrogen and oxygen atoms in total. The molecule has 0 aliphatic carbocycles. The minimum Gasteiger partial charge on any atom is -0.367 e. The molecule has 0 saturated carbocycles. The molecule has 0 aromatic carbocycles. The predicted molar refractivity (Wildman–Crippen MR) is 60.1 cm³/mol. The van der Waals surface area contributed by atoms with Gasteiger partial charge in [-0.3, -0.25) is 4.79 Å². The summed E-state index contributed by atoms with van der Waals surface area (Å²) in [7, 11) is 0. The molecule has 4 heteroatoms. The Morgan fingerprint density at radius 3 is 3.20 bits per heavy atom. The topological polar surface area (TPSA) is 45.2 Å². The van der Waals surface area contributed by atoms with Crippen LogP contribution in [0.25, 0.3) is 0 Å². The molecule has 0 saturated heterocycles. The van der Waals surface area contributed by atoms with Crippen molar-refractivity contribution < 1.29 is 4.79 Å². The Kier molecular flexibility index (Phi) is 2.58. The van der Waals surface area contributed by atoms with E-state index in [0.29, 0.717) is 6.42 Å². The van der Waals surface area contributed by atoms with Crippen LogP contribution < -0.4 is 10.2 Å². The number of carbonyl (C=O) groups excluding carboxylic acids is 1. The van der Waals surface area contributed by atoms with Crippen molar-refractivity contribution in [1.29, 1.82) is 0 Å². The molecule has 0 unspecified atom stereocenters. The van der Waals surface area contributed by atoms with Crippen molar-refractivity contribution >= 4 is 17.4 Å². The first-order valence-corrected chi connectivity index (χ1v) is 5.23. The standard InChI is InChI=1S/C11H15N3O/c1-3-10(15)14-5-4-12-11-9(14)6-8(2)7-13-11/h6-7H,3-5H2,1-2H3,(H,12,13). The zero-order valence-electron chi connectivity index (χ0n) is 9.08. The van der Waals surface area contributed by atoms with Gasteiger partial charge in [-0.15, -0.1) is 0 Å². The van der Waals surface area contributed by atoms with Crippen LogP contribution in [0.4, 0.5) is 11.5 Å². The highest BCUT2D eigenvalue weighted by Crippen LogP contribution is 2.27. The molecule has 1 aliphatic rings. The number of nitrogens with zero attached hydrogens (tertiary/aromatic N) is 2. The minimum atomic E-state index is 0.158. The van der Waals surface area contributed by atoms with Crippen molar-refractivity contribution in [2.24, 2.45) is 0 Å². The maximum atomic E-state index is 11.7. The molecule has 0 fully saturated rings. The van der Waals surface area contributed by atoms with E-state index in [9.17, 15) is 4.79 Å². The average molecular weight is 205 g/mol. The van der Waals surface area contributed by atoms with E-state index in [2.05, 4.69) is 10.3 Å². The van der Waals surface area contributed by atoms with E-state index >= 15 is 0 Å². The van der Waals surface area contributed by atoms with Crippen LogP contribution in [0.2, 0.25) is 0 Å². The van der Waals surface area contributed by atoms with Crippen molar-refractivity contribution in [3.8, 4) is 0 Å². The molecular weight excluding hydrogens is 190 g/mol. The number of aromatic nitrogens is 1. The molecule has 2 heterocycles. The second kappa shape index (κ2) is 3.88. The Bertz CT molecular complexity index is 389. The summed E-state index contributed by atoms with van der Waals surface area (Å²) >= 11 is 0. The lowest BCUT2D eigenvalue weighted by Crippen LogP contribution is -2.38. The van der Waals surface area contributed by atoms with Gasteiger partial charge in [0.1, 0.15) is 5.82 Å². The number of fused-ring (bicyclic) bond motifs is 1. The molecule has 1 aromatic heterocycles. The van der Waals surface area contributed by atoms with Gasteiger partial charge in [0.2, 0.25) is 5.91 Å². The van der Waals surface area contributed by atoms with E-state index in [1.54, 1.807) is 0 Å². The molecule has 1 N–H and O–H groups in total. The molecule has 1 aliphatic heterocycles. The minimum absolute atomic E-state index is 0.158. The Hall–Kier alpha value is -1.58. The molecule has 2 rings (SSSR count). The largest absolute Gasteiger partial charge is 0.367 e. The fourth-order valence-corrected chi connectivity index (χ4v) is 1.75. The number of pyridine rings is 1. The molecule has 15 heavy (non-hydrogen) atoms. The van der Waals surface area contributed by atoms with Gasteiger partial charge in [0.25, 0.3) is 0 Å². The fourth-order valence-electron chi connectivity index (χ4n) is 1.75. The number of hydrogen-bond donors (Lipinski definition) is 1. The van der Waals surface area contributed by atoms with Gasteiger partial charge >= 0.3 is 0 Å². The van der Waals surface area contributed by atoms with Gasteiger partial charge in [-0.25, -0.2) is 4.98 Å². The van der Waals surface area contributed by atoms with E-state index in [4.69, 9.17) is 0 Å². The maximum absolute atomic E-state index is 11.7. The molecular formula is C11H15N3O. The van der Waals surface area contributed by atoms with Gasteiger partial charge < -0.3 is 10.2 Å². The zero-order chi connectivity index (χ0) is 10.8. The summed E-state index contributed by atoms with van der Waals surface area (Å²) in [6.45, 7) is 5.36.